The Morgan fingerprint density at radius 2 is 1.92 bits per heavy atom. The van der Waals surface area contributed by atoms with Crippen LogP contribution < -0.4 is 11.2 Å². The second-order valence-corrected chi connectivity index (χ2v) is 8.24. The van der Waals surface area contributed by atoms with E-state index in [9.17, 15) is 18.8 Å². The van der Waals surface area contributed by atoms with Gasteiger partial charge in [0, 0.05) is 5.41 Å². The summed E-state index contributed by atoms with van der Waals surface area (Å²) in [4.78, 5) is 38.3. The van der Waals surface area contributed by atoms with E-state index < -0.39 is 22.5 Å². The molecule has 0 N–H and O–H groups in total. The van der Waals surface area contributed by atoms with Gasteiger partial charge in [-0.05, 0) is 29.6 Å². The maximum Gasteiger partial charge on any atom is 0.336 e. The van der Waals surface area contributed by atoms with Crippen LogP contribution in [0.4, 0.5) is 4.39 Å². The monoisotopic (exact) mass is 394 g/mol. The Balaban J connectivity index is 2.31. The van der Waals surface area contributed by atoms with Gasteiger partial charge < -0.3 is 0 Å². The highest BCUT2D eigenvalue weighted by Gasteiger charge is 2.24. The highest BCUT2D eigenvalue weighted by atomic mass is 35.5. The molecule has 2 aromatic heterocycles. The Bertz CT molecular complexity index is 1140. The van der Waals surface area contributed by atoms with Crippen LogP contribution in [0.3, 0.4) is 0 Å². The van der Waals surface area contributed by atoms with Crippen LogP contribution in [0.1, 0.15) is 20.8 Å². The van der Waals surface area contributed by atoms with Crippen molar-refractivity contribution in [3.05, 3.63) is 61.3 Å². The molecule has 3 aromatic rings. The van der Waals surface area contributed by atoms with Crippen molar-refractivity contribution in [3.63, 3.8) is 0 Å². The molecule has 26 heavy (non-hydrogen) atoms. The molecule has 0 saturated heterocycles. The number of fused-ring (bicyclic) bond motifs is 1. The number of hydrogen-bond donors (Lipinski definition) is 0. The van der Waals surface area contributed by atoms with Crippen LogP contribution in [0, 0.1) is 11.2 Å². The molecule has 0 spiro atoms. The normalized spacial score (nSPS) is 11.9. The first kappa shape index (κ1) is 18.5. The number of Topliss-reactive ketones (excluding diaryl/α,β-unsaturated/α-hetero) is 1. The minimum atomic E-state index is -0.666. The molecule has 5 nitrogen and oxygen atoms in total. The van der Waals surface area contributed by atoms with Crippen molar-refractivity contribution in [3.8, 4) is 5.69 Å². The summed E-state index contributed by atoms with van der Waals surface area (Å²) in [5, 5.41) is 1.49. The van der Waals surface area contributed by atoms with E-state index >= 15 is 0 Å². The number of aromatic nitrogens is 2. The number of halogens is 2. The van der Waals surface area contributed by atoms with Crippen molar-refractivity contribution in [2.24, 2.45) is 5.41 Å². The highest BCUT2D eigenvalue weighted by molar-refractivity contribution is 7.17. The van der Waals surface area contributed by atoms with Crippen LogP contribution in [0.15, 0.2) is 39.2 Å². The largest absolute Gasteiger partial charge is 0.336 e. The number of thiophene rings is 1. The SMILES string of the molecule is CC(C)(C)C(=O)Cn1c(=O)n(-c2ccc(F)c(Cl)c2)c(=O)c2sccc21. The zero-order chi connectivity index (χ0) is 19.2. The van der Waals surface area contributed by atoms with E-state index in [2.05, 4.69) is 0 Å². The minimum absolute atomic E-state index is 0.144. The number of carbonyl (C=O) groups is 1. The van der Waals surface area contributed by atoms with E-state index in [0.29, 0.717) is 10.2 Å². The van der Waals surface area contributed by atoms with Gasteiger partial charge in [-0.1, -0.05) is 32.4 Å². The van der Waals surface area contributed by atoms with Gasteiger partial charge in [0.2, 0.25) is 0 Å². The van der Waals surface area contributed by atoms with Crippen molar-refractivity contribution in [2.45, 2.75) is 27.3 Å². The van der Waals surface area contributed by atoms with Crippen LogP contribution in [0.25, 0.3) is 15.9 Å². The molecule has 3 rings (SSSR count). The average Bonchev–Trinajstić information content (AvgIpc) is 3.03. The van der Waals surface area contributed by atoms with Crippen LogP contribution in [-0.2, 0) is 11.3 Å². The molecular formula is C18H16ClFN2O3S. The Kier molecular flexibility index (Phi) is 4.62. The molecule has 2 heterocycles. The first-order valence-corrected chi connectivity index (χ1v) is 9.09. The van der Waals surface area contributed by atoms with Crippen LogP contribution in [-0.4, -0.2) is 14.9 Å². The number of rotatable bonds is 3. The maximum absolute atomic E-state index is 13.5. The van der Waals surface area contributed by atoms with E-state index in [-0.39, 0.29) is 23.0 Å². The van der Waals surface area contributed by atoms with Gasteiger partial charge >= 0.3 is 5.69 Å². The van der Waals surface area contributed by atoms with E-state index in [1.54, 1.807) is 32.2 Å². The molecule has 0 amide bonds. The van der Waals surface area contributed by atoms with E-state index in [4.69, 9.17) is 11.6 Å². The van der Waals surface area contributed by atoms with Crippen molar-refractivity contribution in [2.75, 3.05) is 0 Å². The van der Waals surface area contributed by atoms with Crippen LogP contribution in [0.2, 0.25) is 5.02 Å². The third-order valence-electron chi connectivity index (χ3n) is 4.05. The van der Waals surface area contributed by atoms with Crippen molar-refractivity contribution in [1.29, 1.82) is 0 Å². The third kappa shape index (κ3) is 3.12. The molecule has 0 aliphatic carbocycles. The van der Waals surface area contributed by atoms with Gasteiger partial charge in [-0.2, -0.15) is 0 Å². The molecule has 0 fully saturated rings. The molecule has 0 unspecified atom stereocenters. The van der Waals surface area contributed by atoms with Crippen molar-refractivity contribution in [1.82, 2.24) is 9.13 Å². The van der Waals surface area contributed by atoms with Gasteiger partial charge in [0.1, 0.15) is 10.5 Å². The lowest BCUT2D eigenvalue weighted by Crippen LogP contribution is -2.41. The second-order valence-electron chi connectivity index (χ2n) is 6.92. The highest BCUT2D eigenvalue weighted by Crippen LogP contribution is 2.21. The fourth-order valence-corrected chi connectivity index (χ4v) is 3.47. The van der Waals surface area contributed by atoms with Gasteiger partial charge in [-0.25, -0.2) is 13.8 Å². The summed E-state index contributed by atoms with van der Waals surface area (Å²) in [6, 6.07) is 5.25. The predicted molar refractivity (Wildman–Crippen MR) is 101 cm³/mol. The molecule has 136 valence electrons. The number of ketones is 1. The fraction of sp³-hybridized carbons (Fsp3) is 0.278. The number of benzene rings is 1. The van der Waals surface area contributed by atoms with Gasteiger partial charge in [-0.3, -0.25) is 14.2 Å². The van der Waals surface area contributed by atoms with Gasteiger partial charge in [0.15, 0.2) is 5.78 Å². The quantitative estimate of drug-likeness (QED) is 0.681. The summed E-state index contributed by atoms with van der Waals surface area (Å²) in [7, 11) is 0. The summed E-state index contributed by atoms with van der Waals surface area (Å²) in [6.45, 7) is 5.13. The van der Waals surface area contributed by atoms with Crippen LogP contribution >= 0.6 is 22.9 Å². The number of hydrogen-bond acceptors (Lipinski definition) is 4. The molecule has 8 heteroatoms. The molecule has 0 bridgehead atoms. The second kappa shape index (κ2) is 6.48. The Morgan fingerprint density at radius 3 is 2.54 bits per heavy atom. The first-order valence-electron chi connectivity index (χ1n) is 7.83. The standard InChI is InChI=1S/C18H16ClFN2O3S/c1-18(2,3)14(23)9-21-13-6-7-26-15(13)16(24)22(17(21)25)10-4-5-12(20)11(19)8-10/h4-8H,9H2,1-3H3. The van der Waals surface area contributed by atoms with E-state index in [1.165, 1.54) is 28.0 Å². The summed E-state index contributed by atoms with van der Waals surface area (Å²) in [5.74, 6) is -0.793. The van der Waals surface area contributed by atoms with E-state index in [1.807, 2.05) is 0 Å². The molecule has 0 aliphatic rings. The minimum Gasteiger partial charge on any atom is -0.297 e. The van der Waals surface area contributed by atoms with E-state index in [0.717, 1.165) is 10.6 Å². The average molecular weight is 395 g/mol. The molecule has 0 radical (unpaired) electrons. The third-order valence-corrected chi connectivity index (χ3v) is 5.24. The lowest BCUT2D eigenvalue weighted by atomic mass is 9.91. The lowest BCUT2D eigenvalue weighted by Gasteiger charge is -2.18. The topological polar surface area (TPSA) is 61.1 Å². The van der Waals surface area contributed by atoms with Gasteiger partial charge in [0.25, 0.3) is 5.56 Å². The van der Waals surface area contributed by atoms with Crippen molar-refractivity contribution < 1.29 is 9.18 Å². The summed E-state index contributed by atoms with van der Waals surface area (Å²) in [5.41, 5.74) is -1.27. The zero-order valence-corrected chi connectivity index (χ0v) is 15.9. The maximum atomic E-state index is 13.5. The molecule has 0 saturated carbocycles. The summed E-state index contributed by atoms with van der Waals surface area (Å²) < 4.78 is 16.0. The Hall–Kier alpha value is -2.25. The number of nitrogens with zero attached hydrogens (tertiary/aromatic N) is 2. The molecular weight excluding hydrogens is 379 g/mol. The van der Waals surface area contributed by atoms with Crippen molar-refractivity contribution >= 4 is 38.9 Å². The fourth-order valence-electron chi connectivity index (χ4n) is 2.47. The first-order chi connectivity index (χ1) is 12.1. The molecule has 0 aliphatic heterocycles. The predicted octanol–water partition coefficient (Wildman–Crippen LogP) is 3.62. The summed E-state index contributed by atoms with van der Waals surface area (Å²) >= 11 is 6.97. The number of carbonyl (C=O) groups excluding carboxylic acids is 1. The zero-order valence-electron chi connectivity index (χ0n) is 14.4. The molecule has 1 aromatic carbocycles. The summed E-state index contributed by atoms with van der Waals surface area (Å²) in [6.07, 6.45) is 0. The van der Waals surface area contributed by atoms with Gasteiger partial charge in [-0.15, -0.1) is 11.3 Å². The lowest BCUT2D eigenvalue weighted by molar-refractivity contribution is -0.126. The van der Waals surface area contributed by atoms with Gasteiger partial charge in [0.05, 0.1) is 22.8 Å². The Labute approximate surface area is 157 Å². The smallest absolute Gasteiger partial charge is 0.297 e. The van der Waals surface area contributed by atoms with Crippen LogP contribution in [0.5, 0.6) is 0 Å². The Morgan fingerprint density at radius 1 is 1.23 bits per heavy atom. The molecule has 0 atom stereocenters.